The summed E-state index contributed by atoms with van der Waals surface area (Å²) in [5.41, 5.74) is 0. The molecule has 0 saturated carbocycles. The van der Waals surface area contributed by atoms with E-state index in [-0.39, 0.29) is 12.6 Å². The van der Waals surface area contributed by atoms with Gasteiger partial charge in [0.2, 0.25) is 0 Å². The maximum Gasteiger partial charge on any atom is 0.317 e. The number of nitrogens with zero attached hydrogens (tertiary/aromatic N) is 1. The molecule has 0 aromatic carbocycles. The quantitative estimate of drug-likeness (QED) is 0.565. The van der Waals surface area contributed by atoms with Crippen LogP contribution in [-0.2, 0) is 4.79 Å². The predicted molar refractivity (Wildman–Crippen MR) is 48.5 cm³/mol. The van der Waals surface area contributed by atoms with Gasteiger partial charge in [0.1, 0.15) is 6.29 Å². The van der Waals surface area contributed by atoms with E-state index >= 15 is 0 Å². The molecular formula is C8H15N3O2. The smallest absolute Gasteiger partial charge is 0.317 e. The minimum atomic E-state index is -0.148. The third-order valence-corrected chi connectivity index (χ3v) is 2.22. The van der Waals surface area contributed by atoms with Gasteiger partial charge in [0, 0.05) is 19.1 Å². The van der Waals surface area contributed by atoms with Crippen molar-refractivity contribution < 1.29 is 9.59 Å². The highest BCUT2D eigenvalue weighted by Gasteiger charge is 2.24. The molecule has 0 radical (unpaired) electrons. The zero-order valence-corrected chi connectivity index (χ0v) is 7.75. The summed E-state index contributed by atoms with van der Waals surface area (Å²) in [7, 11) is 1.89. The minimum Gasteiger partial charge on any atom is -0.331 e. The molecule has 1 unspecified atom stereocenters. The summed E-state index contributed by atoms with van der Waals surface area (Å²) < 4.78 is 0. The number of amides is 2. The molecule has 1 saturated heterocycles. The van der Waals surface area contributed by atoms with Gasteiger partial charge in [0.25, 0.3) is 0 Å². The van der Waals surface area contributed by atoms with E-state index in [1.165, 1.54) is 0 Å². The zero-order chi connectivity index (χ0) is 9.68. The van der Waals surface area contributed by atoms with Gasteiger partial charge in [0.05, 0.1) is 6.54 Å². The Hall–Kier alpha value is -1.10. The molecule has 0 aromatic heterocycles. The third-order valence-electron chi connectivity index (χ3n) is 2.22. The lowest BCUT2D eigenvalue weighted by atomic mass is 10.3. The van der Waals surface area contributed by atoms with Gasteiger partial charge in [-0.05, 0) is 13.5 Å². The molecule has 2 amide bonds. The van der Waals surface area contributed by atoms with Crippen LogP contribution in [0, 0.1) is 0 Å². The van der Waals surface area contributed by atoms with Gasteiger partial charge < -0.3 is 20.3 Å². The van der Waals surface area contributed by atoms with E-state index in [0.717, 1.165) is 19.5 Å². The predicted octanol–water partition coefficient (Wildman–Crippen LogP) is -0.811. The lowest BCUT2D eigenvalue weighted by Gasteiger charge is -2.15. The van der Waals surface area contributed by atoms with E-state index < -0.39 is 0 Å². The summed E-state index contributed by atoms with van der Waals surface area (Å²) in [5, 5.41) is 5.62. The molecule has 5 heteroatoms. The van der Waals surface area contributed by atoms with Crippen molar-refractivity contribution in [1.82, 2.24) is 15.5 Å². The highest BCUT2D eigenvalue weighted by Crippen LogP contribution is 2.07. The van der Waals surface area contributed by atoms with Crippen molar-refractivity contribution in [3.63, 3.8) is 0 Å². The van der Waals surface area contributed by atoms with Gasteiger partial charge in [-0.3, -0.25) is 0 Å². The maximum absolute atomic E-state index is 11.3. The Balaban J connectivity index is 2.28. The zero-order valence-electron chi connectivity index (χ0n) is 7.75. The van der Waals surface area contributed by atoms with Crippen LogP contribution in [0.25, 0.3) is 0 Å². The van der Waals surface area contributed by atoms with Crippen LogP contribution in [0.3, 0.4) is 0 Å². The van der Waals surface area contributed by atoms with Crippen LogP contribution in [0.5, 0.6) is 0 Å². The second-order valence-corrected chi connectivity index (χ2v) is 3.07. The minimum absolute atomic E-state index is 0.0968. The van der Waals surface area contributed by atoms with Gasteiger partial charge in [-0.2, -0.15) is 0 Å². The topological polar surface area (TPSA) is 61.4 Å². The number of nitrogens with one attached hydrogen (secondary N) is 2. The van der Waals surface area contributed by atoms with Crippen LogP contribution in [-0.4, -0.2) is 49.9 Å². The van der Waals surface area contributed by atoms with Crippen LogP contribution >= 0.6 is 0 Å². The largest absolute Gasteiger partial charge is 0.331 e. The van der Waals surface area contributed by atoms with Gasteiger partial charge in [-0.25, -0.2) is 4.79 Å². The number of likely N-dealkylation sites (tertiary alicyclic amines) is 1. The lowest BCUT2D eigenvalue weighted by molar-refractivity contribution is -0.107. The molecule has 0 bridgehead atoms. The second-order valence-electron chi connectivity index (χ2n) is 3.07. The number of carbonyl (C=O) groups is 2. The van der Waals surface area contributed by atoms with Crippen LogP contribution in [0.4, 0.5) is 4.79 Å². The summed E-state index contributed by atoms with van der Waals surface area (Å²) in [4.78, 5) is 23.0. The summed E-state index contributed by atoms with van der Waals surface area (Å²) in [6.07, 6.45) is 1.66. The highest BCUT2D eigenvalue weighted by atomic mass is 16.2. The first kappa shape index (κ1) is 9.98. The van der Waals surface area contributed by atoms with Crippen molar-refractivity contribution >= 4 is 12.3 Å². The molecule has 74 valence electrons. The SMILES string of the molecule is CNC1CCN(C(=O)NCC=O)C1. The molecule has 1 aliphatic heterocycles. The normalized spacial score (nSPS) is 21.6. The lowest BCUT2D eigenvalue weighted by Crippen LogP contribution is -2.40. The Bertz CT molecular complexity index is 196. The number of hydrogen-bond donors (Lipinski definition) is 2. The summed E-state index contributed by atoms with van der Waals surface area (Å²) in [5.74, 6) is 0. The fourth-order valence-corrected chi connectivity index (χ4v) is 1.42. The third kappa shape index (κ3) is 2.69. The van der Waals surface area contributed by atoms with Crippen molar-refractivity contribution in [2.45, 2.75) is 12.5 Å². The van der Waals surface area contributed by atoms with Gasteiger partial charge >= 0.3 is 6.03 Å². The number of aldehydes is 1. The number of carbonyl (C=O) groups excluding carboxylic acids is 2. The van der Waals surface area contributed by atoms with Crippen molar-refractivity contribution in [3.05, 3.63) is 0 Å². The Morgan fingerprint density at radius 1 is 1.69 bits per heavy atom. The Labute approximate surface area is 77.5 Å². The van der Waals surface area contributed by atoms with Crippen molar-refractivity contribution in [1.29, 1.82) is 0 Å². The van der Waals surface area contributed by atoms with Crippen molar-refractivity contribution in [3.8, 4) is 0 Å². The first-order valence-electron chi connectivity index (χ1n) is 4.41. The van der Waals surface area contributed by atoms with Crippen LogP contribution in [0.1, 0.15) is 6.42 Å². The molecule has 1 fully saturated rings. The standard InChI is InChI=1S/C8H15N3O2/c1-9-7-2-4-11(6-7)8(13)10-3-5-12/h5,7,9H,2-4,6H2,1H3,(H,10,13). The molecule has 1 rings (SSSR count). The Morgan fingerprint density at radius 3 is 3.00 bits per heavy atom. The molecule has 0 spiro atoms. The molecule has 1 aliphatic rings. The van der Waals surface area contributed by atoms with E-state index in [1.807, 2.05) is 7.05 Å². The van der Waals surface area contributed by atoms with E-state index in [0.29, 0.717) is 12.3 Å². The van der Waals surface area contributed by atoms with Gasteiger partial charge in [-0.1, -0.05) is 0 Å². The molecule has 0 aromatic rings. The summed E-state index contributed by atoms with van der Waals surface area (Å²) in [6, 6.07) is 0.242. The first-order valence-corrected chi connectivity index (χ1v) is 4.41. The summed E-state index contributed by atoms with van der Waals surface area (Å²) >= 11 is 0. The van der Waals surface area contributed by atoms with Gasteiger partial charge in [-0.15, -0.1) is 0 Å². The molecule has 1 atom stereocenters. The van der Waals surface area contributed by atoms with Crippen molar-refractivity contribution in [2.24, 2.45) is 0 Å². The highest BCUT2D eigenvalue weighted by molar-refractivity contribution is 5.76. The number of hydrogen-bond acceptors (Lipinski definition) is 3. The molecular weight excluding hydrogens is 170 g/mol. The average molecular weight is 185 g/mol. The van der Waals surface area contributed by atoms with E-state index in [9.17, 15) is 9.59 Å². The first-order chi connectivity index (χ1) is 6.27. The summed E-state index contributed by atoms with van der Waals surface area (Å²) in [6.45, 7) is 1.58. The van der Waals surface area contributed by atoms with E-state index in [1.54, 1.807) is 4.90 Å². The fourth-order valence-electron chi connectivity index (χ4n) is 1.42. The number of urea groups is 1. The van der Waals surface area contributed by atoms with Crippen molar-refractivity contribution in [2.75, 3.05) is 26.7 Å². The Morgan fingerprint density at radius 2 is 2.46 bits per heavy atom. The average Bonchev–Trinajstić information content (AvgIpc) is 2.62. The maximum atomic E-state index is 11.3. The second kappa shape index (κ2) is 4.81. The molecule has 1 heterocycles. The van der Waals surface area contributed by atoms with E-state index in [4.69, 9.17) is 0 Å². The van der Waals surface area contributed by atoms with E-state index in [2.05, 4.69) is 10.6 Å². The Kier molecular flexibility index (Phi) is 3.70. The monoisotopic (exact) mass is 185 g/mol. The molecule has 5 nitrogen and oxygen atoms in total. The fraction of sp³-hybridized carbons (Fsp3) is 0.750. The van der Waals surface area contributed by atoms with Crippen LogP contribution in [0.2, 0.25) is 0 Å². The van der Waals surface area contributed by atoms with Crippen LogP contribution in [0.15, 0.2) is 0 Å². The van der Waals surface area contributed by atoms with Gasteiger partial charge in [0.15, 0.2) is 0 Å². The number of likely N-dealkylation sites (N-methyl/N-ethyl adjacent to an activating group) is 1. The molecule has 2 N–H and O–H groups in total. The van der Waals surface area contributed by atoms with Crippen LogP contribution < -0.4 is 10.6 Å². The molecule has 0 aliphatic carbocycles. The number of rotatable bonds is 3. The molecule has 13 heavy (non-hydrogen) atoms.